The predicted molar refractivity (Wildman–Crippen MR) is 44.3 cm³/mol. The molecule has 3 heteroatoms. The lowest BCUT2D eigenvalue weighted by atomic mass is 10.3. The van der Waals surface area contributed by atoms with E-state index in [2.05, 4.69) is 16.6 Å². The van der Waals surface area contributed by atoms with Crippen molar-refractivity contribution in [3.8, 4) is 0 Å². The highest BCUT2D eigenvalue weighted by atomic mass is 15.2. The van der Waals surface area contributed by atoms with Crippen LogP contribution < -0.4 is 0 Å². The Morgan fingerprint density at radius 2 is 2.64 bits per heavy atom. The smallest absolute Gasteiger partial charge is 0.229 e. The van der Waals surface area contributed by atoms with Gasteiger partial charge in [0.25, 0.3) is 0 Å². The van der Waals surface area contributed by atoms with Gasteiger partial charge < -0.3 is 4.57 Å². The second-order valence-corrected chi connectivity index (χ2v) is 2.49. The van der Waals surface area contributed by atoms with E-state index in [0.717, 1.165) is 24.6 Å². The van der Waals surface area contributed by atoms with Crippen molar-refractivity contribution in [3.05, 3.63) is 24.5 Å². The molecular weight excluding hydrogens is 138 g/mol. The third-order valence-electron chi connectivity index (χ3n) is 1.64. The maximum absolute atomic E-state index is 4.27. The van der Waals surface area contributed by atoms with Gasteiger partial charge in [0, 0.05) is 18.8 Å². The number of allylic oxidation sites excluding steroid dienone is 1. The van der Waals surface area contributed by atoms with E-state index in [4.69, 9.17) is 0 Å². The number of aromatic nitrogens is 2. The fourth-order valence-electron chi connectivity index (χ4n) is 1.15. The number of hydrogen-bond acceptors (Lipinski definition) is 2. The van der Waals surface area contributed by atoms with Crippen LogP contribution in [0.25, 0.3) is 0 Å². The highest BCUT2D eigenvalue weighted by Crippen LogP contribution is 2.15. The molecule has 0 N–H and O–H groups in total. The summed E-state index contributed by atoms with van der Waals surface area (Å²) in [6.45, 7) is 4.51. The molecule has 0 spiro atoms. The van der Waals surface area contributed by atoms with Gasteiger partial charge in [-0.1, -0.05) is 6.08 Å². The summed E-state index contributed by atoms with van der Waals surface area (Å²) >= 11 is 0. The Morgan fingerprint density at radius 3 is 3.36 bits per heavy atom. The summed E-state index contributed by atoms with van der Waals surface area (Å²) < 4.78 is 2.03. The number of hydrogen-bond donors (Lipinski definition) is 0. The second kappa shape index (κ2) is 2.34. The van der Waals surface area contributed by atoms with E-state index in [-0.39, 0.29) is 0 Å². The lowest BCUT2D eigenvalue weighted by Crippen LogP contribution is -1.88. The maximum Gasteiger partial charge on any atom is 0.229 e. The van der Waals surface area contributed by atoms with E-state index >= 15 is 0 Å². The van der Waals surface area contributed by atoms with E-state index < -0.39 is 0 Å². The Bertz CT molecular complexity index is 309. The number of aliphatic imine (C=N–C) groups is 1. The van der Waals surface area contributed by atoms with Gasteiger partial charge >= 0.3 is 0 Å². The Labute approximate surface area is 65.1 Å². The fourth-order valence-corrected chi connectivity index (χ4v) is 1.15. The Kier molecular flexibility index (Phi) is 1.35. The van der Waals surface area contributed by atoms with E-state index in [9.17, 15) is 0 Å². The third-order valence-corrected chi connectivity index (χ3v) is 1.64. The zero-order valence-corrected chi connectivity index (χ0v) is 6.20. The minimum atomic E-state index is 0.821. The van der Waals surface area contributed by atoms with Crippen molar-refractivity contribution in [2.45, 2.75) is 13.0 Å². The quantitative estimate of drug-likeness (QED) is 0.580. The molecule has 0 fully saturated rings. The molecule has 1 aromatic rings. The predicted octanol–water partition coefficient (Wildman–Crippen LogP) is 1.33. The lowest BCUT2D eigenvalue weighted by molar-refractivity contribution is 0.898. The van der Waals surface area contributed by atoms with Crippen LogP contribution in [-0.4, -0.2) is 15.8 Å². The monoisotopic (exact) mass is 147 g/mol. The minimum Gasteiger partial charge on any atom is -0.310 e. The van der Waals surface area contributed by atoms with Gasteiger partial charge in [-0.25, -0.2) is 9.98 Å². The molecule has 2 heterocycles. The molecule has 0 radical (unpaired) electrons. The molecule has 56 valence electrons. The standard InChI is InChI=1S/C8H9N3/c1-2-3-7-6-11-5-4-9-8(11)10-7/h2,4,6H,1,3,5H2. The largest absolute Gasteiger partial charge is 0.310 e. The van der Waals surface area contributed by atoms with Gasteiger partial charge in [-0.15, -0.1) is 6.58 Å². The van der Waals surface area contributed by atoms with E-state index in [1.807, 2.05) is 23.1 Å². The number of rotatable bonds is 2. The summed E-state index contributed by atoms with van der Waals surface area (Å²) in [5.74, 6) is 0.821. The first-order valence-electron chi connectivity index (χ1n) is 3.59. The third kappa shape index (κ3) is 0.981. The second-order valence-electron chi connectivity index (χ2n) is 2.49. The molecule has 0 saturated heterocycles. The first-order chi connectivity index (χ1) is 5.40. The van der Waals surface area contributed by atoms with Crippen LogP contribution in [0.5, 0.6) is 0 Å². The highest BCUT2D eigenvalue weighted by molar-refractivity contribution is 5.65. The molecule has 0 amide bonds. The van der Waals surface area contributed by atoms with Gasteiger partial charge in [0.05, 0.1) is 12.2 Å². The SMILES string of the molecule is C=CCc1cn2c(n1)N=CC2. The van der Waals surface area contributed by atoms with Crippen LogP contribution in [0.4, 0.5) is 5.95 Å². The van der Waals surface area contributed by atoms with Crippen molar-refractivity contribution in [3.63, 3.8) is 0 Å². The Balaban J connectivity index is 2.33. The van der Waals surface area contributed by atoms with Gasteiger partial charge in [0.1, 0.15) is 0 Å². The molecule has 2 rings (SSSR count). The van der Waals surface area contributed by atoms with Gasteiger partial charge in [0.2, 0.25) is 5.95 Å². The summed E-state index contributed by atoms with van der Waals surface area (Å²) in [4.78, 5) is 8.37. The van der Waals surface area contributed by atoms with E-state index in [1.165, 1.54) is 0 Å². The molecule has 0 aromatic carbocycles. The van der Waals surface area contributed by atoms with Crippen molar-refractivity contribution in [2.75, 3.05) is 0 Å². The van der Waals surface area contributed by atoms with Gasteiger partial charge in [-0.05, 0) is 0 Å². The summed E-state index contributed by atoms with van der Waals surface area (Å²) in [7, 11) is 0. The summed E-state index contributed by atoms with van der Waals surface area (Å²) in [6.07, 6.45) is 6.56. The first-order valence-corrected chi connectivity index (χ1v) is 3.59. The van der Waals surface area contributed by atoms with Crippen LogP contribution in [0, 0.1) is 0 Å². The number of nitrogens with zero attached hydrogens (tertiary/aromatic N) is 3. The van der Waals surface area contributed by atoms with Crippen LogP contribution in [0.15, 0.2) is 23.8 Å². The van der Waals surface area contributed by atoms with Gasteiger partial charge in [-0.2, -0.15) is 0 Å². The summed E-state index contributed by atoms with van der Waals surface area (Å²) in [5.41, 5.74) is 1.05. The molecule has 0 bridgehead atoms. The maximum atomic E-state index is 4.27. The summed E-state index contributed by atoms with van der Waals surface area (Å²) in [6, 6.07) is 0. The van der Waals surface area contributed by atoms with E-state index in [0.29, 0.717) is 0 Å². The van der Waals surface area contributed by atoms with E-state index in [1.54, 1.807) is 0 Å². The van der Waals surface area contributed by atoms with Gasteiger partial charge in [0.15, 0.2) is 0 Å². The molecule has 0 saturated carbocycles. The minimum absolute atomic E-state index is 0.821. The van der Waals surface area contributed by atoms with Crippen LogP contribution in [-0.2, 0) is 13.0 Å². The zero-order valence-electron chi connectivity index (χ0n) is 6.20. The van der Waals surface area contributed by atoms with Crippen molar-refractivity contribution >= 4 is 12.2 Å². The molecular formula is C8H9N3. The van der Waals surface area contributed by atoms with Crippen LogP contribution in [0.3, 0.4) is 0 Å². The molecule has 1 aliphatic heterocycles. The van der Waals surface area contributed by atoms with Gasteiger partial charge in [-0.3, -0.25) is 0 Å². The molecule has 0 aliphatic carbocycles. The zero-order chi connectivity index (χ0) is 7.68. The molecule has 0 unspecified atom stereocenters. The normalized spacial score (nSPS) is 13.5. The molecule has 1 aliphatic rings. The Morgan fingerprint density at radius 1 is 1.73 bits per heavy atom. The molecule has 0 atom stereocenters. The van der Waals surface area contributed by atoms with Crippen molar-refractivity contribution in [2.24, 2.45) is 4.99 Å². The number of imidazole rings is 1. The molecule has 3 nitrogen and oxygen atoms in total. The van der Waals surface area contributed by atoms with Crippen LogP contribution in [0.2, 0.25) is 0 Å². The fraction of sp³-hybridized carbons (Fsp3) is 0.250. The van der Waals surface area contributed by atoms with Crippen molar-refractivity contribution in [1.29, 1.82) is 0 Å². The average molecular weight is 147 g/mol. The van der Waals surface area contributed by atoms with Crippen LogP contribution >= 0.6 is 0 Å². The van der Waals surface area contributed by atoms with Crippen molar-refractivity contribution < 1.29 is 0 Å². The number of fused-ring (bicyclic) bond motifs is 1. The summed E-state index contributed by atoms with van der Waals surface area (Å²) in [5, 5.41) is 0. The van der Waals surface area contributed by atoms with Crippen LogP contribution in [0.1, 0.15) is 5.69 Å². The Hall–Kier alpha value is -1.38. The van der Waals surface area contributed by atoms with Crippen molar-refractivity contribution in [1.82, 2.24) is 9.55 Å². The lowest BCUT2D eigenvalue weighted by Gasteiger charge is -1.87. The molecule has 11 heavy (non-hydrogen) atoms. The highest BCUT2D eigenvalue weighted by Gasteiger charge is 2.07. The molecule has 1 aromatic heterocycles. The topological polar surface area (TPSA) is 30.2 Å². The first kappa shape index (κ1) is 6.34. The average Bonchev–Trinajstić information content (AvgIpc) is 2.46.